The second kappa shape index (κ2) is 8.90. The second-order valence-corrected chi connectivity index (χ2v) is 5.91. The van der Waals surface area contributed by atoms with Crippen LogP contribution in [0.2, 0.25) is 0 Å². The Morgan fingerprint density at radius 1 is 1.15 bits per heavy atom. The Hall–Kier alpha value is -1.16. The first-order chi connectivity index (χ1) is 9.62. The maximum absolute atomic E-state index is 12.2. The molecule has 0 N–H and O–H groups in total. The van der Waals surface area contributed by atoms with Gasteiger partial charge in [0.15, 0.2) is 17.3 Å². The first-order valence-electron chi connectivity index (χ1n) is 7.16. The van der Waals surface area contributed by atoms with Crippen LogP contribution in [-0.4, -0.2) is 30.0 Å². The summed E-state index contributed by atoms with van der Waals surface area (Å²) >= 11 is 1.69. The molecule has 1 unspecified atom stereocenters. The molecule has 20 heavy (non-hydrogen) atoms. The molecule has 0 spiro atoms. The summed E-state index contributed by atoms with van der Waals surface area (Å²) < 4.78 is 11.0. The van der Waals surface area contributed by atoms with Gasteiger partial charge in [0.05, 0.1) is 19.0 Å². The molecule has 0 bridgehead atoms. The quantitative estimate of drug-likeness (QED) is 0.640. The number of ether oxygens (including phenoxy) is 2. The summed E-state index contributed by atoms with van der Waals surface area (Å²) in [6.45, 7) is 9.26. The zero-order chi connectivity index (χ0) is 15.0. The fourth-order valence-electron chi connectivity index (χ4n) is 1.64. The number of thioether (sulfide) groups is 1. The Kier molecular flexibility index (Phi) is 7.52. The first-order valence-corrected chi connectivity index (χ1v) is 8.21. The van der Waals surface area contributed by atoms with Crippen molar-refractivity contribution in [3.05, 3.63) is 23.8 Å². The summed E-state index contributed by atoms with van der Waals surface area (Å²) in [5.74, 6) is 1.99. The van der Waals surface area contributed by atoms with Gasteiger partial charge in [-0.05, 0) is 38.5 Å². The third kappa shape index (κ3) is 5.08. The monoisotopic (exact) mass is 296 g/mol. The minimum Gasteiger partial charge on any atom is -0.490 e. The lowest BCUT2D eigenvalue weighted by atomic mass is 10.1. The molecule has 0 fully saturated rings. The topological polar surface area (TPSA) is 35.5 Å². The van der Waals surface area contributed by atoms with Crippen LogP contribution in [0, 0.1) is 0 Å². The molecule has 0 heterocycles. The van der Waals surface area contributed by atoms with Gasteiger partial charge < -0.3 is 9.47 Å². The molecular weight excluding hydrogens is 272 g/mol. The van der Waals surface area contributed by atoms with Crippen molar-refractivity contribution in [3.8, 4) is 11.5 Å². The average molecular weight is 296 g/mol. The van der Waals surface area contributed by atoms with E-state index in [4.69, 9.17) is 9.47 Å². The van der Waals surface area contributed by atoms with Crippen molar-refractivity contribution in [1.82, 2.24) is 0 Å². The molecule has 3 nitrogen and oxygen atoms in total. The van der Waals surface area contributed by atoms with Gasteiger partial charge in [-0.1, -0.05) is 13.8 Å². The summed E-state index contributed by atoms with van der Waals surface area (Å²) in [6, 6.07) is 5.41. The van der Waals surface area contributed by atoms with E-state index in [0.29, 0.717) is 41.3 Å². The average Bonchev–Trinajstić information content (AvgIpc) is 2.46. The molecule has 0 saturated heterocycles. The third-order valence-corrected chi connectivity index (χ3v) is 4.27. The molecule has 1 aromatic carbocycles. The van der Waals surface area contributed by atoms with Gasteiger partial charge in [-0.15, -0.1) is 0 Å². The van der Waals surface area contributed by atoms with Crippen LogP contribution < -0.4 is 9.47 Å². The van der Waals surface area contributed by atoms with Gasteiger partial charge in [0, 0.05) is 10.8 Å². The summed E-state index contributed by atoms with van der Waals surface area (Å²) in [7, 11) is 0. The van der Waals surface area contributed by atoms with E-state index in [1.165, 1.54) is 0 Å². The Morgan fingerprint density at radius 3 is 2.40 bits per heavy atom. The summed E-state index contributed by atoms with van der Waals surface area (Å²) in [6.07, 6.45) is 1.07. The highest BCUT2D eigenvalue weighted by atomic mass is 32.2. The van der Waals surface area contributed by atoms with Crippen molar-refractivity contribution >= 4 is 17.5 Å². The fraction of sp³-hybridized carbons (Fsp3) is 0.562. The Bertz CT molecular complexity index is 432. The molecule has 4 heteroatoms. The van der Waals surface area contributed by atoms with Crippen LogP contribution in [0.1, 0.15) is 44.5 Å². The molecular formula is C16H24O3S. The molecule has 1 atom stereocenters. The normalized spacial score (nSPS) is 12.0. The lowest BCUT2D eigenvalue weighted by Gasteiger charge is -2.12. The minimum atomic E-state index is 0.138. The van der Waals surface area contributed by atoms with Crippen LogP contribution in [0.3, 0.4) is 0 Å². The number of ketones is 1. The van der Waals surface area contributed by atoms with Crippen molar-refractivity contribution < 1.29 is 14.3 Å². The summed E-state index contributed by atoms with van der Waals surface area (Å²) in [5.41, 5.74) is 0.688. The molecule has 1 aromatic rings. The van der Waals surface area contributed by atoms with E-state index in [2.05, 4.69) is 13.8 Å². The van der Waals surface area contributed by atoms with Gasteiger partial charge in [0.1, 0.15) is 0 Å². The molecule has 0 saturated carbocycles. The zero-order valence-electron chi connectivity index (χ0n) is 12.8. The highest BCUT2D eigenvalue weighted by Gasteiger charge is 2.12. The summed E-state index contributed by atoms with van der Waals surface area (Å²) in [4.78, 5) is 12.2. The van der Waals surface area contributed by atoms with Crippen molar-refractivity contribution in [1.29, 1.82) is 0 Å². The van der Waals surface area contributed by atoms with E-state index >= 15 is 0 Å². The van der Waals surface area contributed by atoms with Gasteiger partial charge in [0.25, 0.3) is 0 Å². The van der Waals surface area contributed by atoms with Gasteiger partial charge in [0.2, 0.25) is 0 Å². The second-order valence-electron chi connectivity index (χ2n) is 4.48. The maximum atomic E-state index is 12.2. The lowest BCUT2D eigenvalue weighted by molar-refractivity contribution is 0.102. The van der Waals surface area contributed by atoms with Gasteiger partial charge >= 0.3 is 0 Å². The minimum absolute atomic E-state index is 0.138. The first kappa shape index (κ1) is 16.9. The molecule has 0 aromatic heterocycles. The van der Waals surface area contributed by atoms with Crippen LogP contribution in [0.4, 0.5) is 0 Å². The van der Waals surface area contributed by atoms with Gasteiger partial charge in [-0.3, -0.25) is 4.79 Å². The van der Waals surface area contributed by atoms with Crippen LogP contribution >= 0.6 is 11.8 Å². The lowest BCUT2D eigenvalue weighted by Crippen LogP contribution is -2.07. The SMILES string of the molecule is CCOc1ccc(C(=O)CSC(C)CC)cc1OCC. The summed E-state index contributed by atoms with van der Waals surface area (Å²) in [5, 5.41) is 0.507. The Morgan fingerprint density at radius 2 is 1.80 bits per heavy atom. The fourth-order valence-corrected chi connectivity index (χ4v) is 2.48. The van der Waals surface area contributed by atoms with Gasteiger partial charge in [-0.25, -0.2) is 0 Å². The third-order valence-electron chi connectivity index (χ3n) is 2.94. The number of Topliss-reactive ketones (excluding diaryl/α,β-unsaturated/α-hetero) is 1. The predicted octanol–water partition coefficient (Wildman–Crippen LogP) is 4.20. The van der Waals surface area contributed by atoms with Crippen LogP contribution in [0.15, 0.2) is 18.2 Å². The Labute approximate surface area is 126 Å². The number of carbonyl (C=O) groups excluding carboxylic acids is 1. The molecule has 0 radical (unpaired) electrons. The van der Waals surface area contributed by atoms with Gasteiger partial charge in [-0.2, -0.15) is 11.8 Å². The predicted molar refractivity (Wildman–Crippen MR) is 85.3 cm³/mol. The standard InChI is InChI=1S/C16H24O3S/c1-5-12(4)20-11-14(17)13-8-9-15(18-6-2)16(10-13)19-7-3/h8-10,12H,5-7,11H2,1-4H3. The van der Waals surface area contributed by atoms with Crippen molar-refractivity contribution in [3.63, 3.8) is 0 Å². The van der Waals surface area contributed by atoms with Crippen molar-refractivity contribution in [2.75, 3.05) is 19.0 Å². The highest BCUT2D eigenvalue weighted by Crippen LogP contribution is 2.29. The molecule has 0 amide bonds. The zero-order valence-corrected chi connectivity index (χ0v) is 13.6. The van der Waals surface area contributed by atoms with E-state index in [0.717, 1.165) is 6.42 Å². The molecule has 0 aliphatic rings. The number of carbonyl (C=O) groups is 1. The van der Waals surface area contributed by atoms with Crippen LogP contribution in [0.25, 0.3) is 0 Å². The van der Waals surface area contributed by atoms with E-state index in [-0.39, 0.29) is 5.78 Å². The van der Waals surface area contributed by atoms with Crippen LogP contribution in [-0.2, 0) is 0 Å². The van der Waals surface area contributed by atoms with Crippen LogP contribution in [0.5, 0.6) is 11.5 Å². The van der Waals surface area contributed by atoms with Crippen molar-refractivity contribution in [2.45, 2.75) is 39.4 Å². The molecule has 1 rings (SSSR count). The molecule has 0 aliphatic carbocycles. The maximum Gasteiger partial charge on any atom is 0.172 e. The van der Waals surface area contributed by atoms with E-state index in [1.807, 2.05) is 26.0 Å². The van der Waals surface area contributed by atoms with E-state index < -0.39 is 0 Å². The highest BCUT2D eigenvalue weighted by molar-refractivity contribution is 8.00. The number of hydrogen-bond acceptors (Lipinski definition) is 4. The Balaban J connectivity index is 2.79. The van der Waals surface area contributed by atoms with Crippen molar-refractivity contribution in [2.24, 2.45) is 0 Å². The molecule has 0 aliphatic heterocycles. The number of hydrogen-bond donors (Lipinski definition) is 0. The van der Waals surface area contributed by atoms with E-state index in [1.54, 1.807) is 17.8 Å². The molecule has 112 valence electrons. The van der Waals surface area contributed by atoms with E-state index in [9.17, 15) is 4.79 Å². The largest absolute Gasteiger partial charge is 0.490 e. The number of benzene rings is 1. The smallest absolute Gasteiger partial charge is 0.172 e. The number of rotatable bonds is 9.